The monoisotopic (exact) mass is 220 g/mol. The lowest BCUT2D eigenvalue weighted by molar-refractivity contribution is -0.0300. The molecule has 4 N–H and O–H groups in total. The summed E-state index contributed by atoms with van der Waals surface area (Å²) in [5.41, 5.74) is 5.91. The first-order valence-corrected chi connectivity index (χ1v) is 5.46. The maximum atomic E-state index is 11.7. The number of nitrogens with one attached hydrogen (secondary N) is 1. The summed E-state index contributed by atoms with van der Waals surface area (Å²) in [5.74, 6) is -0.224. The summed E-state index contributed by atoms with van der Waals surface area (Å²) in [6, 6.07) is 6.91. The third-order valence-electron chi connectivity index (χ3n) is 3.07. The summed E-state index contributed by atoms with van der Waals surface area (Å²) in [6.45, 7) is 0.306. The molecule has 0 aliphatic heterocycles. The number of anilines is 1. The molecule has 0 unspecified atom stereocenters. The van der Waals surface area contributed by atoms with E-state index < -0.39 is 5.60 Å². The predicted molar refractivity (Wildman–Crippen MR) is 62.0 cm³/mol. The van der Waals surface area contributed by atoms with Crippen LogP contribution in [0.5, 0.6) is 0 Å². The second kappa shape index (κ2) is 4.14. The Morgan fingerprint density at radius 3 is 2.69 bits per heavy atom. The minimum absolute atomic E-state index is 0.224. The van der Waals surface area contributed by atoms with Gasteiger partial charge in [-0.2, -0.15) is 0 Å². The topological polar surface area (TPSA) is 75.4 Å². The number of para-hydroxylation sites is 1. The molecule has 0 radical (unpaired) electrons. The Balaban J connectivity index is 1.96. The van der Waals surface area contributed by atoms with Gasteiger partial charge in [0.25, 0.3) is 5.91 Å². The molecular weight excluding hydrogens is 204 g/mol. The van der Waals surface area contributed by atoms with E-state index in [9.17, 15) is 9.90 Å². The second-order valence-corrected chi connectivity index (χ2v) is 4.35. The zero-order valence-electron chi connectivity index (χ0n) is 9.07. The highest BCUT2D eigenvalue weighted by molar-refractivity contribution is 5.99. The fourth-order valence-corrected chi connectivity index (χ4v) is 1.81. The number of nitrogens with two attached hydrogens (primary N) is 1. The Labute approximate surface area is 94.5 Å². The Kier molecular flexibility index (Phi) is 2.83. The molecule has 86 valence electrons. The zero-order valence-corrected chi connectivity index (χ0v) is 9.07. The molecule has 1 aliphatic carbocycles. The van der Waals surface area contributed by atoms with Crippen LogP contribution in [-0.4, -0.2) is 23.2 Å². The molecule has 2 rings (SSSR count). The van der Waals surface area contributed by atoms with E-state index in [0.717, 1.165) is 19.3 Å². The van der Waals surface area contributed by atoms with Crippen LogP contribution in [0, 0.1) is 0 Å². The van der Waals surface area contributed by atoms with Crippen molar-refractivity contribution in [2.24, 2.45) is 0 Å². The van der Waals surface area contributed by atoms with E-state index in [1.807, 2.05) is 0 Å². The van der Waals surface area contributed by atoms with Gasteiger partial charge in [0.2, 0.25) is 0 Å². The zero-order chi connectivity index (χ0) is 11.6. The van der Waals surface area contributed by atoms with Crippen molar-refractivity contribution in [3.05, 3.63) is 29.8 Å². The number of rotatable bonds is 3. The SMILES string of the molecule is Nc1ccccc1C(=O)NCC1(O)CCC1. The molecule has 0 aromatic heterocycles. The number of hydrogen-bond donors (Lipinski definition) is 3. The first-order chi connectivity index (χ1) is 7.61. The molecule has 0 saturated heterocycles. The smallest absolute Gasteiger partial charge is 0.253 e. The molecule has 1 aliphatic rings. The number of benzene rings is 1. The molecule has 4 nitrogen and oxygen atoms in total. The van der Waals surface area contributed by atoms with Crippen molar-refractivity contribution in [3.8, 4) is 0 Å². The summed E-state index contributed by atoms with van der Waals surface area (Å²) in [5, 5.41) is 12.5. The highest BCUT2D eigenvalue weighted by atomic mass is 16.3. The van der Waals surface area contributed by atoms with Crippen LogP contribution < -0.4 is 11.1 Å². The summed E-state index contributed by atoms with van der Waals surface area (Å²) >= 11 is 0. The van der Waals surface area contributed by atoms with Crippen molar-refractivity contribution in [2.45, 2.75) is 24.9 Å². The first kappa shape index (κ1) is 11.0. The van der Waals surface area contributed by atoms with Crippen LogP contribution in [0.25, 0.3) is 0 Å². The molecule has 4 heteroatoms. The van der Waals surface area contributed by atoms with Crippen molar-refractivity contribution in [1.29, 1.82) is 0 Å². The van der Waals surface area contributed by atoms with Crippen molar-refractivity contribution in [3.63, 3.8) is 0 Å². The highest BCUT2D eigenvalue weighted by Gasteiger charge is 2.34. The van der Waals surface area contributed by atoms with E-state index in [1.165, 1.54) is 0 Å². The summed E-state index contributed by atoms with van der Waals surface area (Å²) < 4.78 is 0. The Hall–Kier alpha value is -1.55. The molecule has 0 atom stereocenters. The van der Waals surface area contributed by atoms with Crippen LogP contribution in [0.3, 0.4) is 0 Å². The van der Waals surface area contributed by atoms with Gasteiger partial charge in [-0.1, -0.05) is 12.1 Å². The lowest BCUT2D eigenvalue weighted by Gasteiger charge is -2.36. The molecule has 0 heterocycles. The number of aliphatic hydroxyl groups is 1. The molecule has 1 amide bonds. The lowest BCUT2D eigenvalue weighted by atomic mass is 9.80. The van der Waals surface area contributed by atoms with E-state index in [-0.39, 0.29) is 5.91 Å². The molecule has 16 heavy (non-hydrogen) atoms. The van der Waals surface area contributed by atoms with E-state index in [4.69, 9.17) is 5.73 Å². The van der Waals surface area contributed by atoms with Crippen LogP contribution in [0.1, 0.15) is 29.6 Å². The minimum Gasteiger partial charge on any atom is -0.398 e. The average molecular weight is 220 g/mol. The number of hydrogen-bond acceptors (Lipinski definition) is 3. The number of nitrogen functional groups attached to an aromatic ring is 1. The van der Waals surface area contributed by atoms with Crippen LogP contribution in [0.2, 0.25) is 0 Å². The van der Waals surface area contributed by atoms with Gasteiger partial charge in [0.1, 0.15) is 0 Å². The van der Waals surface area contributed by atoms with Crippen LogP contribution in [0.4, 0.5) is 5.69 Å². The molecule has 1 aromatic carbocycles. The molecule has 1 fully saturated rings. The normalized spacial score (nSPS) is 17.6. The van der Waals surface area contributed by atoms with Gasteiger partial charge in [0, 0.05) is 12.2 Å². The van der Waals surface area contributed by atoms with Gasteiger partial charge < -0.3 is 16.2 Å². The van der Waals surface area contributed by atoms with E-state index in [2.05, 4.69) is 5.32 Å². The fourth-order valence-electron chi connectivity index (χ4n) is 1.81. The van der Waals surface area contributed by atoms with E-state index >= 15 is 0 Å². The average Bonchev–Trinajstić information content (AvgIpc) is 2.24. The van der Waals surface area contributed by atoms with Gasteiger partial charge in [-0.3, -0.25) is 4.79 Å². The van der Waals surface area contributed by atoms with Gasteiger partial charge in [-0.05, 0) is 31.4 Å². The number of carbonyl (C=O) groups excluding carboxylic acids is 1. The fraction of sp³-hybridized carbons (Fsp3) is 0.417. The standard InChI is InChI=1S/C12H16N2O2/c13-10-5-2-1-4-9(10)11(15)14-8-12(16)6-3-7-12/h1-2,4-5,16H,3,6-8,13H2,(H,14,15). The number of amides is 1. The molecule has 0 spiro atoms. The Morgan fingerprint density at radius 1 is 1.44 bits per heavy atom. The van der Waals surface area contributed by atoms with Crippen LogP contribution in [0.15, 0.2) is 24.3 Å². The van der Waals surface area contributed by atoms with Gasteiger partial charge in [0.05, 0.1) is 11.2 Å². The molecule has 0 bridgehead atoms. The Morgan fingerprint density at radius 2 is 2.12 bits per heavy atom. The lowest BCUT2D eigenvalue weighted by Crippen LogP contribution is -2.47. The third kappa shape index (κ3) is 2.17. The minimum atomic E-state index is -0.695. The van der Waals surface area contributed by atoms with Gasteiger partial charge in [-0.15, -0.1) is 0 Å². The van der Waals surface area contributed by atoms with E-state index in [0.29, 0.717) is 17.8 Å². The van der Waals surface area contributed by atoms with Crippen molar-refractivity contribution in [2.75, 3.05) is 12.3 Å². The second-order valence-electron chi connectivity index (χ2n) is 4.35. The number of carbonyl (C=O) groups is 1. The summed E-state index contributed by atoms with van der Waals surface area (Å²) in [4.78, 5) is 11.7. The van der Waals surface area contributed by atoms with Crippen molar-refractivity contribution >= 4 is 11.6 Å². The van der Waals surface area contributed by atoms with Crippen LogP contribution in [-0.2, 0) is 0 Å². The summed E-state index contributed by atoms with van der Waals surface area (Å²) in [7, 11) is 0. The largest absolute Gasteiger partial charge is 0.398 e. The third-order valence-corrected chi connectivity index (χ3v) is 3.07. The van der Waals surface area contributed by atoms with Gasteiger partial charge in [-0.25, -0.2) is 0 Å². The first-order valence-electron chi connectivity index (χ1n) is 5.46. The predicted octanol–water partition coefficient (Wildman–Crippen LogP) is 0.914. The highest BCUT2D eigenvalue weighted by Crippen LogP contribution is 2.30. The van der Waals surface area contributed by atoms with Gasteiger partial charge >= 0.3 is 0 Å². The molecular formula is C12H16N2O2. The van der Waals surface area contributed by atoms with Crippen LogP contribution >= 0.6 is 0 Å². The quantitative estimate of drug-likeness (QED) is 0.663. The van der Waals surface area contributed by atoms with E-state index in [1.54, 1.807) is 24.3 Å². The molecule has 1 saturated carbocycles. The van der Waals surface area contributed by atoms with Gasteiger partial charge in [0.15, 0.2) is 0 Å². The molecule has 1 aromatic rings. The van der Waals surface area contributed by atoms with Crippen molar-refractivity contribution in [1.82, 2.24) is 5.32 Å². The maximum absolute atomic E-state index is 11.7. The maximum Gasteiger partial charge on any atom is 0.253 e. The van der Waals surface area contributed by atoms with Crippen molar-refractivity contribution < 1.29 is 9.90 Å². The Bertz CT molecular complexity index is 400. The summed E-state index contributed by atoms with van der Waals surface area (Å²) in [6.07, 6.45) is 2.55.